The maximum Gasteiger partial charge on any atom is 1.00 e. The van der Waals surface area contributed by atoms with Crippen LogP contribution in [-0.4, -0.2) is 0 Å². The second-order valence-corrected chi connectivity index (χ2v) is 2.29. The van der Waals surface area contributed by atoms with E-state index in [1.807, 2.05) is 12.1 Å². The number of azide groups is 1. The summed E-state index contributed by atoms with van der Waals surface area (Å²) in [7, 11) is 0. The van der Waals surface area contributed by atoms with Crippen LogP contribution in [0.1, 0.15) is 11.1 Å². The Kier molecular flexibility index (Phi) is 11.9. The van der Waals surface area contributed by atoms with E-state index in [9.17, 15) is 0 Å². The van der Waals surface area contributed by atoms with Crippen molar-refractivity contribution < 1.29 is 29.6 Å². The van der Waals surface area contributed by atoms with Crippen LogP contribution in [0, 0.1) is 11.3 Å². The third-order valence-electron chi connectivity index (χ3n) is 1.37. The van der Waals surface area contributed by atoms with Crippen molar-refractivity contribution in [1.29, 1.82) is 5.26 Å². The van der Waals surface area contributed by atoms with Gasteiger partial charge in [0.05, 0.1) is 18.2 Å². The molecule has 0 atom stereocenters. The minimum atomic E-state index is 0. The molecule has 1 aromatic carbocycles. The quantitative estimate of drug-likeness (QED) is 0.302. The van der Waals surface area contributed by atoms with E-state index >= 15 is 0 Å². The Labute approximate surface area is 114 Å². The first-order valence-electron chi connectivity index (χ1n) is 3.76. The summed E-state index contributed by atoms with van der Waals surface area (Å²) >= 11 is 0. The first-order chi connectivity index (χ1) is 7.28. The van der Waals surface area contributed by atoms with Gasteiger partial charge in [-0.25, -0.2) is 0 Å². The molecule has 8 heteroatoms. The Morgan fingerprint density at radius 1 is 1.31 bits per heavy atom. The van der Waals surface area contributed by atoms with Gasteiger partial charge in [-0.15, -0.1) is 0 Å². The number of benzene rings is 1. The number of rotatable bonds is 2. The van der Waals surface area contributed by atoms with Crippen LogP contribution in [0.2, 0.25) is 0 Å². The smallest absolute Gasteiger partial charge is 0.373 e. The van der Waals surface area contributed by atoms with Gasteiger partial charge in [-0.2, -0.15) is 5.26 Å². The standard InChI is InChI=1S/C8H6N4.N3.Na/c9-5-7-2-1-3-8(4-7)6-11-12-10;1-3-2;/h1-4H,6H2;;/q;-1;+1. The molecule has 0 unspecified atom stereocenters. The van der Waals surface area contributed by atoms with Crippen molar-refractivity contribution in [3.05, 3.63) is 61.8 Å². The van der Waals surface area contributed by atoms with Crippen molar-refractivity contribution >= 4 is 0 Å². The average Bonchev–Trinajstić information content (AvgIpc) is 2.28. The van der Waals surface area contributed by atoms with Crippen molar-refractivity contribution in [2.75, 3.05) is 0 Å². The third-order valence-corrected chi connectivity index (χ3v) is 1.37. The van der Waals surface area contributed by atoms with Crippen LogP contribution >= 0.6 is 0 Å². The average molecular weight is 223 g/mol. The minimum absolute atomic E-state index is 0. The Morgan fingerprint density at radius 3 is 2.44 bits per heavy atom. The summed E-state index contributed by atoms with van der Waals surface area (Å²) in [4.78, 5) is 4.13. The first-order valence-corrected chi connectivity index (χ1v) is 3.76. The van der Waals surface area contributed by atoms with E-state index in [0.717, 1.165) is 5.56 Å². The summed E-state index contributed by atoms with van der Waals surface area (Å²) in [6.07, 6.45) is 0. The van der Waals surface area contributed by atoms with Crippen LogP contribution in [0.15, 0.2) is 29.4 Å². The van der Waals surface area contributed by atoms with E-state index in [-0.39, 0.29) is 29.6 Å². The molecule has 0 radical (unpaired) electrons. The molecule has 0 bridgehead atoms. The number of nitriles is 1. The van der Waals surface area contributed by atoms with Crippen molar-refractivity contribution in [3.63, 3.8) is 0 Å². The Bertz CT molecular complexity index is 438. The fourth-order valence-corrected chi connectivity index (χ4v) is 0.853. The number of hydrogen-bond donors (Lipinski definition) is 0. The van der Waals surface area contributed by atoms with Crippen LogP contribution < -0.4 is 29.6 Å². The third kappa shape index (κ3) is 7.71. The van der Waals surface area contributed by atoms with Crippen LogP contribution in [0.5, 0.6) is 0 Å². The normalized spacial score (nSPS) is 6.69. The molecule has 1 aromatic rings. The molecule has 74 valence electrons. The van der Waals surface area contributed by atoms with Gasteiger partial charge in [0.15, 0.2) is 0 Å². The molecule has 0 aromatic heterocycles. The summed E-state index contributed by atoms with van der Waals surface area (Å²) in [6.45, 7) is 0.298. The summed E-state index contributed by atoms with van der Waals surface area (Å²) in [5, 5.41) is 11.9. The van der Waals surface area contributed by atoms with E-state index < -0.39 is 0 Å². The van der Waals surface area contributed by atoms with E-state index in [1.54, 1.807) is 18.2 Å². The van der Waals surface area contributed by atoms with Crippen LogP contribution in [0.4, 0.5) is 0 Å². The maximum absolute atomic E-state index is 8.53. The predicted molar refractivity (Wildman–Crippen MR) is 54.1 cm³/mol. The molecule has 0 N–H and O–H groups in total. The van der Waals surface area contributed by atoms with Gasteiger partial charge in [-0.3, -0.25) is 4.91 Å². The van der Waals surface area contributed by atoms with Gasteiger partial charge in [0.1, 0.15) is 0 Å². The summed E-state index contributed by atoms with van der Waals surface area (Å²) in [5.74, 6) is 0. The molecule has 0 saturated heterocycles. The zero-order valence-corrected chi connectivity index (χ0v) is 10.6. The molecule has 0 aliphatic heterocycles. The zero-order valence-electron chi connectivity index (χ0n) is 8.65. The molecular formula is C8H6N7Na. The van der Waals surface area contributed by atoms with Gasteiger partial charge < -0.3 is 11.1 Å². The molecule has 7 nitrogen and oxygen atoms in total. The first kappa shape index (κ1) is 16.7. The van der Waals surface area contributed by atoms with Gasteiger partial charge in [-0.1, -0.05) is 17.2 Å². The topological polar surface area (TPSA) is 131 Å². The second kappa shape index (κ2) is 11.4. The van der Waals surface area contributed by atoms with Crippen molar-refractivity contribution in [3.8, 4) is 6.07 Å². The van der Waals surface area contributed by atoms with Gasteiger partial charge in [-0.05, 0) is 23.2 Å². The summed E-state index contributed by atoms with van der Waals surface area (Å²) in [6, 6.07) is 9.00. The van der Waals surface area contributed by atoms with Gasteiger partial charge >= 0.3 is 29.6 Å². The van der Waals surface area contributed by atoms with Crippen molar-refractivity contribution in [2.24, 2.45) is 5.11 Å². The molecule has 0 amide bonds. The van der Waals surface area contributed by atoms with E-state index in [4.69, 9.17) is 21.9 Å². The number of hydrogen-bond acceptors (Lipinski definition) is 2. The predicted octanol–water partition coefficient (Wildman–Crippen LogP) is 0.239. The zero-order chi connectivity index (χ0) is 11.5. The minimum Gasteiger partial charge on any atom is -0.373 e. The maximum atomic E-state index is 8.53. The molecule has 0 saturated carbocycles. The molecule has 0 aliphatic rings. The summed E-state index contributed by atoms with van der Waals surface area (Å²) < 4.78 is 0. The SMILES string of the molecule is N#Cc1cccc(CN=[N+]=[N-])c1.[N-]=[N+]=[N-].[Na+]. The number of nitrogens with zero attached hydrogens (tertiary/aromatic N) is 7. The second-order valence-electron chi connectivity index (χ2n) is 2.29. The Hall–Kier alpha value is -1.67. The van der Waals surface area contributed by atoms with E-state index in [2.05, 4.69) is 10.0 Å². The molecule has 0 aliphatic carbocycles. The fraction of sp³-hybridized carbons (Fsp3) is 0.125. The largest absolute Gasteiger partial charge is 1.00 e. The Balaban J connectivity index is 0. The molecule has 1 rings (SSSR count). The van der Waals surface area contributed by atoms with Gasteiger partial charge in [0.25, 0.3) is 0 Å². The fourth-order valence-electron chi connectivity index (χ4n) is 0.853. The molecule has 0 heterocycles. The van der Waals surface area contributed by atoms with Crippen LogP contribution in [0.3, 0.4) is 0 Å². The van der Waals surface area contributed by atoms with E-state index in [0.29, 0.717) is 12.1 Å². The van der Waals surface area contributed by atoms with Crippen molar-refractivity contribution in [2.45, 2.75) is 6.54 Å². The molecular weight excluding hydrogens is 217 g/mol. The monoisotopic (exact) mass is 223 g/mol. The molecule has 0 spiro atoms. The van der Waals surface area contributed by atoms with Crippen LogP contribution in [-0.2, 0) is 6.54 Å². The van der Waals surface area contributed by atoms with Gasteiger partial charge in [0, 0.05) is 4.91 Å². The molecule has 16 heavy (non-hydrogen) atoms. The summed E-state index contributed by atoms with van der Waals surface area (Å²) in [5.41, 5.74) is 23.0. The van der Waals surface area contributed by atoms with Gasteiger partial charge in [0.2, 0.25) is 0 Å². The van der Waals surface area contributed by atoms with Crippen molar-refractivity contribution in [1.82, 2.24) is 0 Å². The Morgan fingerprint density at radius 2 is 1.94 bits per heavy atom. The van der Waals surface area contributed by atoms with E-state index in [1.165, 1.54) is 4.91 Å². The van der Waals surface area contributed by atoms with Crippen LogP contribution in [0.25, 0.3) is 26.4 Å². The molecule has 0 fully saturated rings.